The first-order valence-electron chi connectivity index (χ1n) is 30.0. The van der Waals surface area contributed by atoms with Crippen LogP contribution in [-0.2, 0) is 4.79 Å². The standard InChI is InChI=1S/C63H117NO3/c1-3-5-7-9-11-13-15-17-19-21-22-23-24-25-26-27-28-29-30-31-32-33-34-35-36-37-38-39-40-41-42-43-45-47-49-51-53-55-57-59-63(67)64-61(60-65)62(66)58-56-54-52-50-48-46-44-20-18-16-14-12-10-8-6-4-2/h5,7,11,13,17,19,22-23,56,58,61-62,65-66H,3-4,6,8-10,12,14-16,18,20-21,24-55,57,59-60H2,1-2H3,(H,64,67)/b7-5-,13-11-,19-17-,23-22-,58-56+. The Labute approximate surface area is 419 Å². The summed E-state index contributed by atoms with van der Waals surface area (Å²) < 4.78 is 0. The SMILES string of the molecule is CC/C=C\C/C=C\C/C=C\C/C=C\CCCCCCCCCCCCCCCCCCCCCCCCCCCCC(=O)NC(CO)C(O)/C=C/CCCCCCCCCCCCCCCC. The number of carbonyl (C=O) groups excluding carboxylic acids is 1. The molecule has 0 saturated carbocycles. The van der Waals surface area contributed by atoms with Crippen LogP contribution in [0.15, 0.2) is 60.8 Å². The number of amides is 1. The van der Waals surface area contributed by atoms with E-state index in [4.69, 9.17) is 0 Å². The van der Waals surface area contributed by atoms with E-state index in [9.17, 15) is 15.0 Å². The average Bonchev–Trinajstić information content (AvgIpc) is 3.33. The molecule has 2 unspecified atom stereocenters. The van der Waals surface area contributed by atoms with Crippen LogP contribution in [0, 0.1) is 0 Å². The maximum atomic E-state index is 12.5. The predicted octanol–water partition coefficient (Wildman–Crippen LogP) is 20.0. The summed E-state index contributed by atoms with van der Waals surface area (Å²) in [6.07, 6.45) is 82.7. The molecule has 0 aromatic carbocycles. The third-order valence-corrected chi connectivity index (χ3v) is 13.8. The van der Waals surface area contributed by atoms with Crippen molar-refractivity contribution in [2.75, 3.05) is 6.61 Å². The van der Waals surface area contributed by atoms with Gasteiger partial charge in [-0.15, -0.1) is 0 Å². The summed E-state index contributed by atoms with van der Waals surface area (Å²) in [7, 11) is 0. The van der Waals surface area contributed by atoms with Crippen LogP contribution >= 0.6 is 0 Å². The number of allylic oxidation sites excluding steroid dienone is 9. The number of nitrogens with one attached hydrogen (secondary N) is 1. The fourth-order valence-electron chi connectivity index (χ4n) is 9.23. The molecule has 0 rings (SSSR count). The van der Waals surface area contributed by atoms with E-state index in [1.54, 1.807) is 6.08 Å². The lowest BCUT2D eigenvalue weighted by Gasteiger charge is -2.20. The van der Waals surface area contributed by atoms with E-state index in [0.717, 1.165) is 51.4 Å². The van der Waals surface area contributed by atoms with Crippen molar-refractivity contribution in [2.24, 2.45) is 0 Å². The molecule has 0 aliphatic rings. The molecule has 0 bridgehead atoms. The second kappa shape index (κ2) is 58.4. The molecule has 0 spiro atoms. The molecule has 0 aliphatic carbocycles. The van der Waals surface area contributed by atoms with Crippen molar-refractivity contribution in [1.82, 2.24) is 5.32 Å². The van der Waals surface area contributed by atoms with Crippen LogP contribution in [0.2, 0.25) is 0 Å². The first-order chi connectivity index (χ1) is 33.2. The van der Waals surface area contributed by atoms with Gasteiger partial charge in [-0.3, -0.25) is 4.79 Å². The fourth-order valence-corrected chi connectivity index (χ4v) is 9.23. The van der Waals surface area contributed by atoms with Crippen molar-refractivity contribution in [3.05, 3.63) is 60.8 Å². The number of hydrogen-bond donors (Lipinski definition) is 3. The van der Waals surface area contributed by atoms with Crippen molar-refractivity contribution >= 4 is 5.91 Å². The van der Waals surface area contributed by atoms with Crippen LogP contribution in [0.5, 0.6) is 0 Å². The first kappa shape index (κ1) is 65.1. The molecule has 1 amide bonds. The van der Waals surface area contributed by atoms with E-state index in [1.165, 1.54) is 244 Å². The highest BCUT2D eigenvalue weighted by Gasteiger charge is 2.18. The highest BCUT2D eigenvalue weighted by Crippen LogP contribution is 2.18. The third-order valence-electron chi connectivity index (χ3n) is 13.8. The summed E-state index contributed by atoms with van der Waals surface area (Å²) in [5.41, 5.74) is 0. The van der Waals surface area contributed by atoms with Crippen molar-refractivity contribution in [2.45, 2.75) is 328 Å². The van der Waals surface area contributed by atoms with Gasteiger partial charge in [0.1, 0.15) is 0 Å². The average molecular weight is 937 g/mol. The van der Waals surface area contributed by atoms with Gasteiger partial charge >= 0.3 is 0 Å². The zero-order valence-electron chi connectivity index (χ0n) is 45.2. The highest BCUT2D eigenvalue weighted by atomic mass is 16.3. The molecule has 0 aromatic rings. The molecule has 0 aromatic heterocycles. The molecule has 0 saturated heterocycles. The highest BCUT2D eigenvalue weighted by molar-refractivity contribution is 5.76. The van der Waals surface area contributed by atoms with Crippen LogP contribution in [0.3, 0.4) is 0 Å². The molecular formula is C63H117NO3. The van der Waals surface area contributed by atoms with Crippen molar-refractivity contribution in [1.29, 1.82) is 0 Å². The monoisotopic (exact) mass is 936 g/mol. The van der Waals surface area contributed by atoms with Gasteiger partial charge in [0.15, 0.2) is 0 Å². The number of unbranched alkanes of at least 4 members (excludes halogenated alkanes) is 40. The molecule has 2 atom stereocenters. The molecular weight excluding hydrogens is 819 g/mol. The molecule has 67 heavy (non-hydrogen) atoms. The summed E-state index contributed by atoms with van der Waals surface area (Å²) in [5.74, 6) is -0.0589. The van der Waals surface area contributed by atoms with Gasteiger partial charge in [-0.1, -0.05) is 312 Å². The maximum absolute atomic E-state index is 12.5. The molecule has 0 aliphatic heterocycles. The Balaban J connectivity index is 3.40. The van der Waals surface area contributed by atoms with Gasteiger partial charge in [-0.05, 0) is 57.8 Å². The topological polar surface area (TPSA) is 69.6 Å². The minimum Gasteiger partial charge on any atom is -0.394 e. The van der Waals surface area contributed by atoms with Gasteiger partial charge in [-0.25, -0.2) is 0 Å². The number of rotatable bonds is 55. The van der Waals surface area contributed by atoms with E-state index in [-0.39, 0.29) is 12.5 Å². The minimum absolute atomic E-state index is 0.0589. The first-order valence-corrected chi connectivity index (χ1v) is 30.0. The molecule has 0 radical (unpaired) electrons. The molecule has 4 heteroatoms. The predicted molar refractivity (Wildman–Crippen MR) is 299 cm³/mol. The van der Waals surface area contributed by atoms with Gasteiger partial charge in [0, 0.05) is 6.42 Å². The third kappa shape index (κ3) is 54.9. The molecule has 0 fully saturated rings. The largest absolute Gasteiger partial charge is 0.394 e. The van der Waals surface area contributed by atoms with Gasteiger partial charge in [-0.2, -0.15) is 0 Å². The number of aliphatic hydroxyl groups is 2. The van der Waals surface area contributed by atoms with E-state index in [1.807, 2.05) is 6.08 Å². The Hall–Kier alpha value is -1.91. The fraction of sp³-hybridized carbons (Fsp3) is 0.825. The van der Waals surface area contributed by atoms with Crippen LogP contribution in [0.4, 0.5) is 0 Å². The second-order valence-electron chi connectivity index (χ2n) is 20.4. The Morgan fingerprint density at radius 1 is 0.373 bits per heavy atom. The van der Waals surface area contributed by atoms with Gasteiger partial charge in [0.2, 0.25) is 5.91 Å². The van der Waals surface area contributed by atoms with Crippen LogP contribution in [-0.4, -0.2) is 34.9 Å². The smallest absolute Gasteiger partial charge is 0.220 e. The summed E-state index contributed by atoms with van der Waals surface area (Å²) in [4.78, 5) is 12.5. The number of aliphatic hydroxyl groups excluding tert-OH is 2. The molecule has 392 valence electrons. The molecule has 4 nitrogen and oxygen atoms in total. The lowest BCUT2D eigenvalue weighted by molar-refractivity contribution is -0.123. The number of carbonyl (C=O) groups is 1. The van der Waals surface area contributed by atoms with Gasteiger partial charge in [0.05, 0.1) is 18.8 Å². The lowest BCUT2D eigenvalue weighted by atomic mass is 10.0. The van der Waals surface area contributed by atoms with Crippen molar-refractivity contribution in [3.8, 4) is 0 Å². The number of hydrogen-bond acceptors (Lipinski definition) is 3. The van der Waals surface area contributed by atoms with E-state index in [0.29, 0.717) is 6.42 Å². The molecule has 3 N–H and O–H groups in total. The zero-order chi connectivity index (χ0) is 48.5. The summed E-state index contributed by atoms with van der Waals surface area (Å²) in [5, 5.41) is 23.2. The summed E-state index contributed by atoms with van der Waals surface area (Å²) >= 11 is 0. The Bertz CT molecular complexity index is 1110. The van der Waals surface area contributed by atoms with Crippen molar-refractivity contribution in [3.63, 3.8) is 0 Å². The van der Waals surface area contributed by atoms with E-state index in [2.05, 4.69) is 67.8 Å². The lowest BCUT2D eigenvalue weighted by Crippen LogP contribution is -2.45. The maximum Gasteiger partial charge on any atom is 0.220 e. The van der Waals surface area contributed by atoms with Crippen LogP contribution in [0.25, 0.3) is 0 Å². The van der Waals surface area contributed by atoms with Gasteiger partial charge < -0.3 is 15.5 Å². The Kier molecular flexibility index (Phi) is 56.7. The van der Waals surface area contributed by atoms with Crippen LogP contribution < -0.4 is 5.32 Å². The van der Waals surface area contributed by atoms with Crippen LogP contribution in [0.1, 0.15) is 316 Å². The second-order valence-corrected chi connectivity index (χ2v) is 20.4. The zero-order valence-corrected chi connectivity index (χ0v) is 45.2. The minimum atomic E-state index is -0.838. The van der Waals surface area contributed by atoms with E-state index >= 15 is 0 Å². The normalized spacial score (nSPS) is 13.2. The quantitative estimate of drug-likeness (QED) is 0.0420. The Morgan fingerprint density at radius 2 is 0.657 bits per heavy atom. The van der Waals surface area contributed by atoms with Gasteiger partial charge in [0.25, 0.3) is 0 Å². The summed E-state index contributed by atoms with van der Waals surface area (Å²) in [6, 6.07) is -0.621. The molecule has 0 heterocycles. The van der Waals surface area contributed by atoms with Crippen molar-refractivity contribution < 1.29 is 15.0 Å². The van der Waals surface area contributed by atoms with E-state index < -0.39 is 12.1 Å². The summed E-state index contributed by atoms with van der Waals surface area (Å²) in [6.45, 7) is 4.22. The Morgan fingerprint density at radius 3 is 0.985 bits per heavy atom.